The maximum Gasteiger partial charge on any atom is 0.416 e. The third-order valence-corrected chi connectivity index (χ3v) is 12.3. The maximum atomic E-state index is 13.5. The molecule has 0 spiro atoms. The third-order valence-electron chi connectivity index (χ3n) is 6.39. The lowest BCUT2D eigenvalue weighted by Crippen LogP contribution is -2.54. The number of halogens is 1. The topological polar surface area (TPSA) is 90.0 Å². The highest BCUT2D eigenvalue weighted by Crippen LogP contribution is 2.41. The molecule has 0 bridgehead atoms. The number of amides is 2. The first-order valence-corrected chi connectivity index (χ1v) is 18.0. The predicted molar refractivity (Wildman–Crippen MR) is 169 cm³/mol. The van der Waals surface area contributed by atoms with Gasteiger partial charge < -0.3 is 19.2 Å². The number of aromatic nitrogens is 1. The van der Waals surface area contributed by atoms with Gasteiger partial charge in [0.1, 0.15) is 11.2 Å². The number of aryl methyl sites for hydroxylation is 1. The fourth-order valence-electron chi connectivity index (χ4n) is 3.42. The first-order chi connectivity index (χ1) is 18.1. The zero-order valence-electron chi connectivity index (χ0n) is 26.0. The van der Waals surface area contributed by atoms with Crippen LogP contribution in [0.1, 0.15) is 79.5 Å². The fraction of sp³-hybridized carbons (Fsp3) is 0.621. The van der Waals surface area contributed by atoms with Gasteiger partial charge in [0.25, 0.3) is 0 Å². The summed E-state index contributed by atoms with van der Waals surface area (Å²) < 4.78 is 19.2. The van der Waals surface area contributed by atoms with Crippen LogP contribution >= 0.6 is 27.3 Å². The van der Waals surface area contributed by atoms with Crippen LogP contribution in [0.5, 0.6) is 0 Å². The molecule has 11 heteroatoms. The smallest absolute Gasteiger partial charge is 0.416 e. The molecule has 2 amide bonds. The van der Waals surface area contributed by atoms with E-state index in [-0.39, 0.29) is 11.6 Å². The van der Waals surface area contributed by atoms with Crippen molar-refractivity contribution in [3.63, 3.8) is 0 Å². The van der Waals surface area contributed by atoms with Gasteiger partial charge in [-0.2, -0.15) is 0 Å². The van der Waals surface area contributed by atoms with Gasteiger partial charge in [0.15, 0.2) is 13.4 Å². The van der Waals surface area contributed by atoms with Gasteiger partial charge >= 0.3 is 12.2 Å². The molecular weight excluding hydrogens is 610 g/mol. The van der Waals surface area contributed by atoms with Gasteiger partial charge in [0.2, 0.25) is 0 Å². The van der Waals surface area contributed by atoms with E-state index in [4.69, 9.17) is 13.9 Å². The van der Waals surface area contributed by atoms with Crippen molar-refractivity contribution in [2.75, 3.05) is 11.4 Å². The number of benzene rings is 1. The molecule has 0 aliphatic heterocycles. The Morgan fingerprint density at radius 2 is 1.55 bits per heavy atom. The average Bonchev–Trinajstić information content (AvgIpc) is 3.18. The average molecular weight is 657 g/mol. The number of thiazole rings is 1. The van der Waals surface area contributed by atoms with Crippen LogP contribution in [0.15, 0.2) is 34.2 Å². The van der Waals surface area contributed by atoms with Crippen LogP contribution in [0.3, 0.4) is 0 Å². The van der Waals surface area contributed by atoms with Crippen LogP contribution in [0, 0.1) is 6.92 Å². The van der Waals surface area contributed by atoms with Gasteiger partial charge in [0.05, 0.1) is 28.7 Å². The number of carbonyl (C=O) groups excluding carboxylic acids is 2. The Hall–Kier alpha value is -1.95. The normalized spacial score (nSPS) is 14.3. The summed E-state index contributed by atoms with van der Waals surface area (Å²) in [5, 5.41) is 3.37. The monoisotopic (exact) mass is 655 g/mol. The van der Waals surface area contributed by atoms with E-state index < -0.39 is 43.9 Å². The molecule has 0 unspecified atom stereocenters. The number of nitrogens with one attached hydrogen (secondary N) is 1. The van der Waals surface area contributed by atoms with Gasteiger partial charge in [-0.05, 0) is 88.1 Å². The SMILES string of the molecule is Cc1ccc([C@H](O[Si](C)(C)C(C)(C)C)[C@@H](CN(C(=O)OC(C)(C)C)c2ncc(Br)s2)NC(=O)OC(C)(C)C)cc1. The number of anilines is 1. The third kappa shape index (κ3) is 10.5. The maximum absolute atomic E-state index is 13.5. The zero-order chi connectivity index (χ0) is 30.7. The van der Waals surface area contributed by atoms with Gasteiger partial charge in [-0.1, -0.05) is 61.9 Å². The lowest BCUT2D eigenvalue weighted by molar-refractivity contribution is 0.0414. The molecule has 40 heavy (non-hydrogen) atoms. The minimum Gasteiger partial charge on any atom is -0.444 e. The van der Waals surface area contributed by atoms with E-state index >= 15 is 0 Å². The summed E-state index contributed by atoms with van der Waals surface area (Å²) in [7, 11) is -2.36. The van der Waals surface area contributed by atoms with Gasteiger partial charge in [0, 0.05) is 0 Å². The Bertz CT molecular complexity index is 1150. The van der Waals surface area contributed by atoms with E-state index in [0.29, 0.717) is 5.13 Å². The molecule has 2 rings (SSSR count). The van der Waals surface area contributed by atoms with Gasteiger partial charge in [-0.15, -0.1) is 0 Å². The lowest BCUT2D eigenvalue weighted by Gasteiger charge is -2.42. The van der Waals surface area contributed by atoms with Crippen LogP contribution in [-0.4, -0.2) is 49.3 Å². The number of alkyl carbamates (subject to hydrolysis) is 1. The number of rotatable bonds is 8. The van der Waals surface area contributed by atoms with Crippen molar-refractivity contribution in [1.29, 1.82) is 0 Å². The molecule has 8 nitrogen and oxygen atoms in total. The summed E-state index contributed by atoms with van der Waals surface area (Å²) in [6.45, 7) is 23.8. The Morgan fingerprint density at radius 1 is 1.00 bits per heavy atom. The summed E-state index contributed by atoms with van der Waals surface area (Å²) in [6, 6.07) is 7.36. The highest BCUT2D eigenvalue weighted by molar-refractivity contribution is 9.11. The van der Waals surface area contributed by atoms with Crippen molar-refractivity contribution in [1.82, 2.24) is 10.3 Å². The molecule has 0 saturated carbocycles. The lowest BCUT2D eigenvalue weighted by atomic mass is 10.0. The van der Waals surface area contributed by atoms with Crippen molar-refractivity contribution in [2.45, 2.75) is 111 Å². The van der Waals surface area contributed by atoms with Crippen molar-refractivity contribution >= 4 is 52.9 Å². The molecule has 2 atom stereocenters. The van der Waals surface area contributed by atoms with E-state index in [1.54, 1.807) is 6.20 Å². The first kappa shape index (κ1) is 34.2. The summed E-state index contributed by atoms with van der Waals surface area (Å²) in [5.41, 5.74) is 0.557. The molecule has 0 fully saturated rings. The van der Waals surface area contributed by atoms with Crippen LogP contribution < -0.4 is 10.2 Å². The summed E-state index contributed by atoms with van der Waals surface area (Å²) in [4.78, 5) is 32.6. The van der Waals surface area contributed by atoms with E-state index in [2.05, 4.69) is 60.1 Å². The van der Waals surface area contributed by atoms with Crippen LogP contribution in [0.4, 0.5) is 14.7 Å². The number of hydrogen-bond acceptors (Lipinski definition) is 7. The number of nitrogens with zero attached hydrogens (tertiary/aromatic N) is 2. The molecule has 1 N–H and O–H groups in total. The van der Waals surface area contributed by atoms with E-state index in [9.17, 15) is 9.59 Å². The van der Waals surface area contributed by atoms with E-state index in [1.807, 2.05) is 72.7 Å². The van der Waals surface area contributed by atoms with E-state index in [0.717, 1.165) is 14.9 Å². The zero-order valence-corrected chi connectivity index (χ0v) is 29.4. The highest BCUT2D eigenvalue weighted by Gasteiger charge is 2.43. The van der Waals surface area contributed by atoms with Crippen molar-refractivity contribution in [3.05, 3.63) is 45.4 Å². The molecule has 0 aliphatic carbocycles. The van der Waals surface area contributed by atoms with Crippen LogP contribution in [-0.2, 0) is 13.9 Å². The Morgan fingerprint density at radius 3 is 2.00 bits per heavy atom. The molecule has 224 valence electrons. The van der Waals surface area contributed by atoms with Crippen molar-refractivity contribution in [3.8, 4) is 0 Å². The number of ether oxygens (including phenoxy) is 2. The van der Waals surface area contributed by atoms with Crippen LogP contribution in [0.25, 0.3) is 0 Å². The number of carbonyl (C=O) groups is 2. The summed E-state index contributed by atoms with van der Waals surface area (Å²) >= 11 is 4.76. The van der Waals surface area contributed by atoms with Crippen molar-refractivity contribution in [2.24, 2.45) is 0 Å². The Balaban J connectivity index is 2.66. The Labute approximate surface area is 253 Å². The minimum absolute atomic E-state index is 0.0429. The van der Waals surface area contributed by atoms with Gasteiger partial charge in [-0.3, -0.25) is 4.90 Å². The highest BCUT2D eigenvalue weighted by atomic mass is 79.9. The molecule has 0 saturated heterocycles. The molecule has 0 aliphatic rings. The molecule has 1 heterocycles. The fourth-order valence-corrected chi connectivity index (χ4v) is 5.89. The summed E-state index contributed by atoms with van der Waals surface area (Å²) in [5.74, 6) is 0. The largest absolute Gasteiger partial charge is 0.444 e. The second kappa shape index (κ2) is 12.9. The second-order valence-electron chi connectivity index (χ2n) is 13.5. The predicted octanol–water partition coefficient (Wildman–Crippen LogP) is 8.61. The first-order valence-electron chi connectivity index (χ1n) is 13.4. The van der Waals surface area contributed by atoms with E-state index in [1.165, 1.54) is 16.2 Å². The molecule has 1 aromatic carbocycles. The molecule has 1 aromatic heterocycles. The summed E-state index contributed by atoms with van der Waals surface area (Å²) in [6.07, 6.45) is -0.113. The van der Waals surface area contributed by atoms with Crippen LogP contribution in [0.2, 0.25) is 18.1 Å². The molecule has 2 aromatic rings. The Kier molecular flexibility index (Phi) is 11.1. The standard InChI is InChI=1S/C29H46BrN3O5SSi/c1-19-13-15-20(16-14-19)23(38-40(11,12)29(8,9)10)21(32-25(34)36-27(2,3)4)18-33(24-31-17-22(30)39-24)26(35)37-28(5,6)7/h13-17,21,23H,18H2,1-12H3,(H,32,34)/t21-,23+/m1/s1. The molecule has 0 radical (unpaired) electrons. The van der Waals surface area contributed by atoms with Crippen molar-refractivity contribution < 1.29 is 23.5 Å². The quantitative estimate of drug-likeness (QED) is 0.286. The molecular formula is C29H46BrN3O5SSi. The van der Waals surface area contributed by atoms with Gasteiger partial charge in [-0.25, -0.2) is 14.6 Å². The minimum atomic E-state index is -2.36. The second-order valence-corrected chi connectivity index (χ2v) is 20.6. The number of hydrogen-bond donors (Lipinski definition) is 1.